The molecule has 1 saturated carbocycles. The summed E-state index contributed by atoms with van der Waals surface area (Å²) in [7, 11) is 0. The van der Waals surface area contributed by atoms with Gasteiger partial charge in [0.2, 0.25) is 5.60 Å². The average Bonchev–Trinajstić information content (AvgIpc) is 2.55. The Labute approximate surface area is 142 Å². The van der Waals surface area contributed by atoms with Crippen LogP contribution in [0, 0.1) is 5.41 Å². The van der Waals surface area contributed by atoms with E-state index in [4.69, 9.17) is 9.47 Å². The average molecular weight is 332 g/mol. The van der Waals surface area contributed by atoms with Crippen molar-refractivity contribution in [1.82, 2.24) is 0 Å². The van der Waals surface area contributed by atoms with Gasteiger partial charge in [-0.2, -0.15) is 0 Å². The Bertz CT molecular complexity index is 606. The first-order chi connectivity index (χ1) is 11.2. The first-order valence-corrected chi connectivity index (χ1v) is 8.30. The van der Waals surface area contributed by atoms with Crippen LogP contribution >= 0.6 is 0 Å². The van der Waals surface area contributed by atoms with Crippen LogP contribution in [0.5, 0.6) is 0 Å². The molecule has 0 bridgehead atoms. The number of hydrogen-bond acceptors (Lipinski definition) is 5. The van der Waals surface area contributed by atoms with Crippen molar-refractivity contribution in [1.29, 1.82) is 0 Å². The van der Waals surface area contributed by atoms with Crippen molar-refractivity contribution in [3.8, 4) is 0 Å². The number of esters is 3. The maximum atomic E-state index is 12.6. The van der Waals surface area contributed by atoms with Crippen molar-refractivity contribution in [3.05, 3.63) is 35.9 Å². The highest BCUT2D eigenvalue weighted by atomic mass is 16.6. The molecule has 1 aromatic rings. The van der Waals surface area contributed by atoms with E-state index in [1.54, 1.807) is 51.1 Å². The van der Waals surface area contributed by atoms with Gasteiger partial charge in [-0.05, 0) is 58.6 Å². The molecule has 1 aliphatic carbocycles. The van der Waals surface area contributed by atoms with Gasteiger partial charge in [0.15, 0.2) is 0 Å². The summed E-state index contributed by atoms with van der Waals surface area (Å²) in [5, 5.41) is 0. The zero-order valence-corrected chi connectivity index (χ0v) is 14.5. The minimum Gasteiger partial charge on any atom is -0.443 e. The molecule has 1 aromatic carbocycles. The van der Waals surface area contributed by atoms with E-state index in [1.807, 2.05) is 0 Å². The van der Waals surface area contributed by atoms with Gasteiger partial charge in [-0.3, -0.25) is 4.79 Å². The lowest BCUT2D eigenvalue weighted by molar-refractivity contribution is -0.181. The van der Waals surface area contributed by atoms with Crippen LogP contribution in [0.2, 0.25) is 0 Å². The lowest BCUT2D eigenvalue weighted by atomic mass is 9.84. The Morgan fingerprint density at radius 3 is 2.08 bits per heavy atom. The molecular formula is C19H24O5. The summed E-state index contributed by atoms with van der Waals surface area (Å²) in [4.78, 5) is 37.0. The third-order valence-corrected chi connectivity index (χ3v) is 4.13. The fourth-order valence-corrected chi connectivity index (χ4v) is 2.61. The molecular weight excluding hydrogens is 308 g/mol. The molecule has 0 unspecified atom stereocenters. The molecule has 24 heavy (non-hydrogen) atoms. The van der Waals surface area contributed by atoms with Crippen molar-refractivity contribution in [3.63, 3.8) is 0 Å². The Morgan fingerprint density at radius 2 is 1.54 bits per heavy atom. The summed E-state index contributed by atoms with van der Waals surface area (Å²) >= 11 is 0. The van der Waals surface area contributed by atoms with E-state index in [0.717, 1.165) is 19.3 Å². The molecule has 0 radical (unpaired) electrons. The molecule has 0 N–H and O–H groups in total. The Morgan fingerprint density at radius 1 is 0.958 bits per heavy atom. The van der Waals surface area contributed by atoms with Gasteiger partial charge >= 0.3 is 17.9 Å². The zero-order chi connectivity index (χ0) is 17.8. The second-order valence-electron chi connectivity index (χ2n) is 7.24. The van der Waals surface area contributed by atoms with Gasteiger partial charge in [0.1, 0.15) is 0 Å². The number of rotatable bonds is 3. The predicted octanol–water partition coefficient (Wildman–Crippen LogP) is 3.66. The topological polar surface area (TPSA) is 69.7 Å². The molecule has 1 aliphatic rings. The second-order valence-corrected chi connectivity index (χ2v) is 7.24. The molecule has 0 saturated heterocycles. The van der Waals surface area contributed by atoms with Crippen molar-refractivity contribution >= 4 is 17.9 Å². The van der Waals surface area contributed by atoms with E-state index in [1.165, 1.54) is 0 Å². The SMILES string of the molecule is CC(C)(C)C(=O)OC(=O)C1(OC(=O)c2ccccc2)CCCCC1. The van der Waals surface area contributed by atoms with Crippen molar-refractivity contribution in [2.24, 2.45) is 5.41 Å². The van der Waals surface area contributed by atoms with Gasteiger partial charge in [-0.15, -0.1) is 0 Å². The summed E-state index contributed by atoms with van der Waals surface area (Å²) in [6.45, 7) is 5.02. The van der Waals surface area contributed by atoms with Gasteiger partial charge in [-0.25, -0.2) is 9.59 Å². The molecule has 5 heteroatoms. The molecule has 0 heterocycles. The Kier molecular flexibility index (Phi) is 5.42. The summed E-state index contributed by atoms with van der Waals surface area (Å²) < 4.78 is 10.6. The first-order valence-electron chi connectivity index (χ1n) is 8.30. The Balaban J connectivity index is 2.18. The number of carbonyl (C=O) groups excluding carboxylic acids is 3. The fourth-order valence-electron chi connectivity index (χ4n) is 2.61. The van der Waals surface area contributed by atoms with Gasteiger partial charge in [-0.1, -0.05) is 24.6 Å². The lowest BCUT2D eigenvalue weighted by Crippen LogP contribution is -2.47. The molecule has 2 rings (SSSR count). The molecule has 130 valence electrons. The van der Waals surface area contributed by atoms with Crippen molar-refractivity contribution in [2.75, 3.05) is 0 Å². The summed E-state index contributed by atoms with van der Waals surface area (Å²) in [6.07, 6.45) is 3.22. The molecule has 0 atom stereocenters. The van der Waals surface area contributed by atoms with Gasteiger partial charge in [0.25, 0.3) is 0 Å². The van der Waals surface area contributed by atoms with Crippen LogP contribution in [0.15, 0.2) is 30.3 Å². The third-order valence-electron chi connectivity index (χ3n) is 4.13. The van der Waals surface area contributed by atoms with Crippen LogP contribution in [0.4, 0.5) is 0 Å². The molecule has 0 amide bonds. The van der Waals surface area contributed by atoms with Gasteiger partial charge < -0.3 is 9.47 Å². The van der Waals surface area contributed by atoms with Crippen LogP contribution in [0.1, 0.15) is 63.2 Å². The van der Waals surface area contributed by atoms with Gasteiger partial charge in [0, 0.05) is 0 Å². The van der Waals surface area contributed by atoms with E-state index in [2.05, 4.69) is 0 Å². The van der Waals surface area contributed by atoms with E-state index in [0.29, 0.717) is 18.4 Å². The smallest absolute Gasteiger partial charge is 0.358 e. The molecule has 0 aromatic heterocycles. The summed E-state index contributed by atoms with van der Waals surface area (Å²) in [5.41, 5.74) is -1.79. The highest BCUT2D eigenvalue weighted by molar-refractivity contribution is 5.96. The quantitative estimate of drug-likeness (QED) is 0.624. The van der Waals surface area contributed by atoms with Gasteiger partial charge in [0.05, 0.1) is 11.0 Å². The number of ether oxygens (including phenoxy) is 2. The van der Waals surface area contributed by atoms with Crippen molar-refractivity contribution in [2.45, 2.75) is 58.5 Å². The van der Waals surface area contributed by atoms with Crippen LogP contribution in [-0.2, 0) is 19.1 Å². The number of carbonyl (C=O) groups is 3. The normalized spacial score (nSPS) is 17.0. The monoisotopic (exact) mass is 332 g/mol. The largest absolute Gasteiger partial charge is 0.443 e. The van der Waals surface area contributed by atoms with Crippen LogP contribution in [-0.4, -0.2) is 23.5 Å². The maximum Gasteiger partial charge on any atom is 0.358 e. The first kappa shape index (κ1) is 18.2. The zero-order valence-electron chi connectivity index (χ0n) is 14.5. The van der Waals surface area contributed by atoms with Crippen LogP contribution in [0.3, 0.4) is 0 Å². The second kappa shape index (κ2) is 7.16. The highest BCUT2D eigenvalue weighted by Crippen LogP contribution is 2.34. The third kappa shape index (κ3) is 4.22. The number of hydrogen-bond donors (Lipinski definition) is 0. The summed E-state index contributed by atoms with van der Waals surface area (Å²) in [5.74, 6) is -1.95. The summed E-state index contributed by atoms with van der Waals surface area (Å²) in [6, 6.07) is 8.51. The van der Waals surface area contributed by atoms with E-state index < -0.39 is 28.9 Å². The maximum absolute atomic E-state index is 12.6. The molecule has 1 fully saturated rings. The van der Waals surface area contributed by atoms with Crippen LogP contribution in [0.25, 0.3) is 0 Å². The van der Waals surface area contributed by atoms with Crippen molar-refractivity contribution < 1.29 is 23.9 Å². The molecule has 0 aliphatic heterocycles. The molecule has 5 nitrogen and oxygen atoms in total. The van der Waals surface area contributed by atoms with E-state index in [-0.39, 0.29) is 0 Å². The standard InChI is InChI=1S/C19H24O5/c1-18(2,3)16(21)23-17(22)19(12-8-5-9-13-19)24-15(20)14-10-6-4-7-11-14/h4,6-7,10-11H,5,8-9,12-13H2,1-3H3. The number of benzene rings is 1. The lowest BCUT2D eigenvalue weighted by Gasteiger charge is -2.34. The highest BCUT2D eigenvalue weighted by Gasteiger charge is 2.47. The minimum atomic E-state index is -1.37. The minimum absolute atomic E-state index is 0.373. The van der Waals surface area contributed by atoms with Crippen LogP contribution < -0.4 is 0 Å². The fraction of sp³-hybridized carbons (Fsp3) is 0.526. The molecule has 0 spiro atoms. The van der Waals surface area contributed by atoms with E-state index >= 15 is 0 Å². The predicted molar refractivity (Wildman–Crippen MR) is 88.2 cm³/mol. The van der Waals surface area contributed by atoms with E-state index in [9.17, 15) is 14.4 Å². The Hall–Kier alpha value is -2.17.